The van der Waals surface area contributed by atoms with Crippen LogP contribution in [0.4, 0.5) is 5.13 Å². The van der Waals surface area contributed by atoms with Gasteiger partial charge in [-0.2, -0.15) is 0 Å². The summed E-state index contributed by atoms with van der Waals surface area (Å²) < 4.78 is 6.33. The Labute approximate surface area is 167 Å². The predicted molar refractivity (Wildman–Crippen MR) is 112 cm³/mol. The maximum atomic E-state index is 13.4. The van der Waals surface area contributed by atoms with Crippen LogP contribution in [0.3, 0.4) is 0 Å². The van der Waals surface area contributed by atoms with Gasteiger partial charge in [-0.15, -0.1) is 0 Å². The third-order valence-electron chi connectivity index (χ3n) is 4.37. The molecule has 0 bridgehead atoms. The molecule has 2 aromatic heterocycles. The second-order valence-electron chi connectivity index (χ2n) is 6.41. The van der Waals surface area contributed by atoms with E-state index in [0.29, 0.717) is 23.0 Å². The molecule has 0 saturated heterocycles. The van der Waals surface area contributed by atoms with Gasteiger partial charge in [0.2, 0.25) is 0 Å². The Balaban J connectivity index is 1.77. The van der Waals surface area contributed by atoms with E-state index in [4.69, 9.17) is 9.72 Å². The normalized spacial score (nSPS) is 10.8. The van der Waals surface area contributed by atoms with Gasteiger partial charge in [-0.3, -0.25) is 14.7 Å². The van der Waals surface area contributed by atoms with E-state index in [2.05, 4.69) is 11.1 Å². The molecule has 6 heteroatoms. The monoisotopic (exact) mass is 389 g/mol. The van der Waals surface area contributed by atoms with Crippen LogP contribution in [0.2, 0.25) is 0 Å². The third-order valence-corrected chi connectivity index (χ3v) is 5.41. The lowest BCUT2D eigenvalue weighted by Crippen LogP contribution is -2.30. The number of fused-ring (bicyclic) bond motifs is 1. The van der Waals surface area contributed by atoms with Gasteiger partial charge < -0.3 is 4.74 Å². The molecule has 28 heavy (non-hydrogen) atoms. The summed E-state index contributed by atoms with van der Waals surface area (Å²) >= 11 is 1.51. The van der Waals surface area contributed by atoms with Crippen LogP contribution in [0.25, 0.3) is 10.2 Å². The number of nitrogens with zero attached hydrogens (tertiary/aromatic N) is 3. The number of benzene rings is 2. The lowest BCUT2D eigenvalue weighted by atomic mass is 10.2. The van der Waals surface area contributed by atoms with Crippen molar-refractivity contribution in [2.24, 2.45) is 0 Å². The quantitative estimate of drug-likeness (QED) is 0.489. The molecular formula is C22H19N3O2S. The molecule has 1 amide bonds. The van der Waals surface area contributed by atoms with Crippen molar-refractivity contribution in [3.8, 4) is 5.75 Å². The van der Waals surface area contributed by atoms with Gasteiger partial charge in [0.05, 0.1) is 29.6 Å². The second kappa shape index (κ2) is 7.78. The van der Waals surface area contributed by atoms with Crippen molar-refractivity contribution in [1.29, 1.82) is 0 Å². The fourth-order valence-corrected chi connectivity index (χ4v) is 3.99. The zero-order chi connectivity index (χ0) is 19.5. The number of anilines is 1. The first-order chi connectivity index (χ1) is 13.6. The van der Waals surface area contributed by atoms with Crippen LogP contribution in [-0.2, 0) is 6.54 Å². The summed E-state index contributed by atoms with van der Waals surface area (Å²) in [5, 5.41) is 0.652. The van der Waals surface area contributed by atoms with Gasteiger partial charge in [-0.25, -0.2) is 4.98 Å². The van der Waals surface area contributed by atoms with Crippen molar-refractivity contribution in [3.63, 3.8) is 0 Å². The number of pyridine rings is 1. The minimum Gasteiger partial charge on any atom is -0.497 e. The summed E-state index contributed by atoms with van der Waals surface area (Å²) in [7, 11) is 1.59. The molecule has 4 aromatic rings. The Morgan fingerprint density at radius 2 is 2.00 bits per heavy atom. The molecule has 0 aliphatic heterocycles. The van der Waals surface area contributed by atoms with Gasteiger partial charge in [0.15, 0.2) is 5.13 Å². The Morgan fingerprint density at radius 3 is 2.79 bits per heavy atom. The summed E-state index contributed by atoms with van der Waals surface area (Å²) in [6.07, 6.45) is 1.73. The number of hydrogen-bond donors (Lipinski definition) is 0. The average Bonchev–Trinajstić information content (AvgIpc) is 3.15. The van der Waals surface area contributed by atoms with E-state index in [1.807, 2.05) is 49.4 Å². The number of aryl methyl sites for hydroxylation is 1. The Hall–Kier alpha value is -3.25. The van der Waals surface area contributed by atoms with Gasteiger partial charge in [0, 0.05) is 11.8 Å². The van der Waals surface area contributed by atoms with Crippen LogP contribution in [0, 0.1) is 6.92 Å². The van der Waals surface area contributed by atoms with E-state index < -0.39 is 0 Å². The third kappa shape index (κ3) is 3.73. The molecule has 0 N–H and O–H groups in total. The molecule has 0 aliphatic rings. The number of carbonyl (C=O) groups excluding carboxylic acids is 1. The molecule has 0 atom stereocenters. The molecule has 0 radical (unpaired) electrons. The van der Waals surface area contributed by atoms with E-state index in [9.17, 15) is 4.79 Å². The molecule has 2 heterocycles. The Kier molecular flexibility index (Phi) is 5.04. The van der Waals surface area contributed by atoms with Gasteiger partial charge in [0.25, 0.3) is 5.91 Å². The average molecular weight is 389 g/mol. The minimum atomic E-state index is -0.139. The van der Waals surface area contributed by atoms with E-state index in [0.717, 1.165) is 21.5 Å². The fraction of sp³-hybridized carbons (Fsp3) is 0.136. The van der Waals surface area contributed by atoms with E-state index >= 15 is 0 Å². The van der Waals surface area contributed by atoms with E-state index in [-0.39, 0.29) is 5.91 Å². The number of thiazole rings is 1. The molecule has 0 spiro atoms. The SMILES string of the molecule is COc1cccc(C(=O)N(Cc2ccccn2)c2nc3ccc(C)cc3s2)c1. The van der Waals surface area contributed by atoms with Gasteiger partial charge in [-0.05, 0) is 55.0 Å². The standard InChI is InChI=1S/C22H19N3O2S/c1-15-9-10-19-20(12-15)28-22(24-19)25(14-17-7-3-4-11-23-17)21(26)16-6-5-8-18(13-16)27-2/h3-13H,14H2,1-2H3. The highest BCUT2D eigenvalue weighted by molar-refractivity contribution is 7.22. The number of hydrogen-bond acceptors (Lipinski definition) is 5. The van der Waals surface area contributed by atoms with Gasteiger partial charge in [-0.1, -0.05) is 29.5 Å². The number of methoxy groups -OCH3 is 1. The van der Waals surface area contributed by atoms with Crippen LogP contribution in [-0.4, -0.2) is 23.0 Å². The molecule has 0 aliphatic carbocycles. The zero-order valence-electron chi connectivity index (χ0n) is 15.6. The number of rotatable bonds is 5. The molecule has 0 saturated carbocycles. The topological polar surface area (TPSA) is 55.3 Å². The molecule has 0 unspecified atom stereocenters. The second-order valence-corrected chi connectivity index (χ2v) is 7.42. The van der Waals surface area contributed by atoms with Crippen molar-refractivity contribution in [3.05, 3.63) is 83.7 Å². The summed E-state index contributed by atoms with van der Waals surface area (Å²) in [5.74, 6) is 0.504. The maximum absolute atomic E-state index is 13.4. The van der Waals surface area contributed by atoms with Crippen molar-refractivity contribution in [2.45, 2.75) is 13.5 Å². The maximum Gasteiger partial charge on any atom is 0.260 e. The van der Waals surface area contributed by atoms with Crippen molar-refractivity contribution in [2.75, 3.05) is 12.0 Å². The van der Waals surface area contributed by atoms with Gasteiger partial charge in [0.1, 0.15) is 5.75 Å². The molecular weight excluding hydrogens is 370 g/mol. The van der Waals surface area contributed by atoms with Gasteiger partial charge >= 0.3 is 0 Å². The Bertz CT molecular complexity index is 1130. The van der Waals surface area contributed by atoms with Crippen LogP contribution < -0.4 is 9.64 Å². The molecule has 5 nitrogen and oxygen atoms in total. The summed E-state index contributed by atoms with van der Waals surface area (Å²) in [5.41, 5.74) is 3.40. The molecule has 0 fully saturated rings. The molecule has 2 aromatic carbocycles. The van der Waals surface area contributed by atoms with Crippen LogP contribution >= 0.6 is 11.3 Å². The van der Waals surface area contributed by atoms with Crippen molar-refractivity contribution in [1.82, 2.24) is 9.97 Å². The first kappa shape index (κ1) is 18.1. The smallest absolute Gasteiger partial charge is 0.260 e. The highest BCUT2D eigenvalue weighted by Crippen LogP contribution is 2.31. The summed E-state index contributed by atoms with van der Waals surface area (Å²) in [4.78, 5) is 24.1. The number of aromatic nitrogens is 2. The van der Waals surface area contributed by atoms with Crippen LogP contribution in [0.5, 0.6) is 5.75 Å². The van der Waals surface area contributed by atoms with Crippen molar-refractivity contribution < 1.29 is 9.53 Å². The number of ether oxygens (including phenoxy) is 1. The predicted octanol–water partition coefficient (Wildman–Crippen LogP) is 4.86. The number of amides is 1. The molecule has 140 valence electrons. The van der Waals surface area contributed by atoms with E-state index in [1.54, 1.807) is 30.3 Å². The fourth-order valence-electron chi connectivity index (χ4n) is 2.93. The minimum absolute atomic E-state index is 0.139. The van der Waals surface area contributed by atoms with Crippen LogP contribution in [0.15, 0.2) is 66.9 Å². The summed E-state index contributed by atoms with van der Waals surface area (Å²) in [6.45, 7) is 2.39. The lowest BCUT2D eigenvalue weighted by Gasteiger charge is -2.20. The van der Waals surface area contributed by atoms with Crippen LogP contribution in [0.1, 0.15) is 21.6 Å². The highest BCUT2D eigenvalue weighted by atomic mass is 32.1. The lowest BCUT2D eigenvalue weighted by molar-refractivity contribution is 0.0984. The number of carbonyl (C=O) groups is 1. The first-order valence-corrected chi connectivity index (χ1v) is 9.69. The Morgan fingerprint density at radius 1 is 1.11 bits per heavy atom. The highest BCUT2D eigenvalue weighted by Gasteiger charge is 2.22. The molecule has 4 rings (SSSR count). The summed E-state index contributed by atoms with van der Waals surface area (Å²) in [6, 6.07) is 18.9. The first-order valence-electron chi connectivity index (χ1n) is 8.87. The largest absolute Gasteiger partial charge is 0.497 e. The van der Waals surface area contributed by atoms with Crippen molar-refractivity contribution >= 4 is 32.6 Å². The zero-order valence-corrected chi connectivity index (χ0v) is 16.4. The van der Waals surface area contributed by atoms with E-state index in [1.165, 1.54) is 11.3 Å².